The molecule has 29 heavy (non-hydrogen) atoms. The fourth-order valence-electron chi connectivity index (χ4n) is 3.33. The zero-order valence-electron chi connectivity index (χ0n) is 17.8. The van der Waals surface area contributed by atoms with Crippen molar-refractivity contribution in [1.82, 2.24) is 4.90 Å². The number of hydrogen-bond acceptors (Lipinski definition) is 7. The maximum absolute atomic E-state index is 12.6. The van der Waals surface area contributed by atoms with E-state index >= 15 is 0 Å². The van der Waals surface area contributed by atoms with Crippen LogP contribution in [0.3, 0.4) is 0 Å². The molecule has 1 heterocycles. The summed E-state index contributed by atoms with van der Waals surface area (Å²) in [5.74, 6) is -0.802. The van der Waals surface area contributed by atoms with Crippen LogP contribution >= 0.6 is 0 Å². The van der Waals surface area contributed by atoms with E-state index in [9.17, 15) is 28.0 Å². The Morgan fingerprint density at radius 1 is 1.28 bits per heavy atom. The summed E-state index contributed by atoms with van der Waals surface area (Å²) in [6.07, 6.45) is 9.83. The van der Waals surface area contributed by atoms with Gasteiger partial charge in [0.2, 0.25) is 0 Å². The van der Waals surface area contributed by atoms with E-state index in [1.54, 1.807) is 9.48 Å². The van der Waals surface area contributed by atoms with Gasteiger partial charge in [0.15, 0.2) is 0 Å². The molecule has 1 atom stereocenters. The molecular formula is C19H34N2NaO6S+. The van der Waals surface area contributed by atoms with E-state index in [2.05, 4.69) is 6.92 Å². The van der Waals surface area contributed by atoms with Crippen LogP contribution in [0.1, 0.15) is 51.9 Å². The van der Waals surface area contributed by atoms with Crippen LogP contribution in [0.4, 0.5) is 0 Å². The molecule has 1 unspecified atom stereocenters. The maximum Gasteiger partial charge on any atom is 1.00 e. The van der Waals surface area contributed by atoms with Gasteiger partial charge in [0.25, 0.3) is 5.78 Å². The summed E-state index contributed by atoms with van der Waals surface area (Å²) in [4.78, 5) is 14.3. The summed E-state index contributed by atoms with van der Waals surface area (Å²) in [6, 6.07) is 0. The number of carbonyl (C=O) groups excluding carboxylic acids is 1. The Morgan fingerprint density at radius 2 is 1.93 bits per heavy atom. The maximum atomic E-state index is 12.6. The Hall–Kier alpha value is -0.290. The fourth-order valence-corrected chi connectivity index (χ4v) is 3.91. The Morgan fingerprint density at radius 3 is 2.55 bits per heavy atom. The fraction of sp³-hybridized carbons (Fsp3) is 0.789. The molecule has 0 saturated heterocycles. The van der Waals surface area contributed by atoms with Crippen LogP contribution in [0.15, 0.2) is 12.2 Å². The topological polar surface area (TPSA) is 121 Å². The predicted molar refractivity (Wildman–Crippen MR) is 106 cm³/mol. The Labute approximate surface area is 196 Å². The van der Waals surface area contributed by atoms with Crippen LogP contribution in [-0.4, -0.2) is 88.9 Å². The summed E-state index contributed by atoms with van der Waals surface area (Å²) < 4.78 is 34.0. The quantitative estimate of drug-likeness (QED) is 0.0947. The monoisotopic (exact) mass is 441 g/mol. The minimum atomic E-state index is -4.54. The SMILES string of the molecule is CCCCCCCC/C=C/C(=O)C1=[N+](CC(O)CS(=O)(=O)[O-])CCN1CCO.[Na+]. The van der Waals surface area contributed by atoms with Crippen molar-refractivity contribution >= 4 is 21.7 Å². The van der Waals surface area contributed by atoms with Crippen molar-refractivity contribution in [3.8, 4) is 0 Å². The van der Waals surface area contributed by atoms with Gasteiger partial charge in [-0.1, -0.05) is 45.1 Å². The first kappa shape index (κ1) is 28.7. The largest absolute Gasteiger partial charge is 1.00 e. The van der Waals surface area contributed by atoms with Gasteiger partial charge in [0.1, 0.15) is 32.3 Å². The van der Waals surface area contributed by atoms with Gasteiger partial charge in [-0.15, -0.1) is 0 Å². The van der Waals surface area contributed by atoms with Crippen molar-refractivity contribution in [3.05, 3.63) is 12.2 Å². The summed E-state index contributed by atoms with van der Waals surface area (Å²) in [6.45, 7) is 3.13. The number of ketones is 1. The van der Waals surface area contributed by atoms with Crippen LogP contribution in [0, 0.1) is 0 Å². The molecule has 0 aliphatic carbocycles. The smallest absolute Gasteiger partial charge is 0.748 e. The zero-order chi connectivity index (χ0) is 21.0. The minimum absolute atomic E-state index is 0. The molecule has 162 valence electrons. The molecule has 2 N–H and O–H groups in total. The number of hydrogen-bond donors (Lipinski definition) is 2. The Kier molecular flexibility index (Phi) is 15.3. The van der Waals surface area contributed by atoms with E-state index in [1.807, 2.05) is 6.08 Å². The van der Waals surface area contributed by atoms with Gasteiger partial charge in [0, 0.05) is 0 Å². The third-order valence-electron chi connectivity index (χ3n) is 4.65. The number of β-amino-alcohol motifs (C(OH)–C–C–N with tert-alkyl or cyclic N) is 2. The number of rotatable bonds is 15. The van der Waals surface area contributed by atoms with E-state index < -0.39 is 22.0 Å². The molecule has 1 aliphatic rings. The molecule has 0 radical (unpaired) electrons. The number of carbonyl (C=O) groups is 1. The molecule has 0 aromatic rings. The summed E-state index contributed by atoms with van der Waals surface area (Å²) >= 11 is 0. The average Bonchev–Trinajstić information content (AvgIpc) is 2.98. The van der Waals surface area contributed by atoms with Crippen molar-refractivity contribution in [1.29, 1.82) is 0 Å². The van der Waals surface area contributed by atoms with E-state index in [-0.39, 0.29) is 55.0 Å². The third kappa shape index (κ3) is 12.2. The van der Waals surface area contributed by atoms with Gasteiger partial charge >= 0.3 is 35.4 Å². The third-order valence-corrected chi connectivity index (χ3v) is 5.44. The zero-order valence-corrected chi connectivity index (χ0v) is 20.6. The number of allylic oxidation sites excluding steroid dienone is 1. The van der Waals surface area contributed by atoms with E-state index in [0.29, 0.717) is 18.9 Å². The van der Waals surface area contributed by atoms with Crippen molar-refractivity contribution < 1.29 is 62.1 Å². The predicted octanol–water partition coefficient (Wildman–Crippen LogP) is -2.51. The molecule has 0 fully saturated rings. The van der Waals surface area contributed by atoms with Gasteiger partial charge in [-0.05, 0) is 18.9 Å². The molecule has 0 saturated carbocycles. The van der Waals surface area contributed by atoms with E-state index in [1.165, 1.54) is 31.8 Å². The molecule has 0 amide bonds. The first-order valence-corrected chi connectivity index (χ1v) is 11.7. The van der Waals surface area contributed by atoms with Gasteiger partial charge < -0.3 is 14.8 Å². The Bertz CT molecular complexity index is 651. The van der Waals surface area contributed by atoms with Crippen molar-refractivity contribution in [2.75, 3.05) is 38.5 Å². The molecule has 10 heteroatoms. The summed E-state index contributed by atoms with van der Waals surface area (Å²) in [5, 5.41) is 19.1. The van der Waals surface area contributed by atoms with Crippen molar-refractivity contribution in [3.63, 3.8) is 0 Å². The van der Waals surface area contributed by atoms with Gasteiger partial charge in [-0.3, -0.25) is 14.3 Å². The van der Waals surface area contributed by atoms with Crippen LogP contribution in [0.2, 0.25) is 0 Å². The number of aliphatic hydroxyl groups is 2. The number of aliphatic hydroxyl groups excluding tert-OH is 2. The standard InChI is InChI=1S/C19H34N2O6S.Na/c1-2-3-4-5-6-7-8-9-10-18(24)19-20(13-14-22)11-12-21(19)15-17(23)16-28(25,26)27;/h9-10,17,22-23H,2-8,11-16H2,1H3;/q;+1/b10-9+;. The number of nitrogens with zero attached hydrogens (tertiary/aromatic N) is 2. The number of amidine groups is 1. The van der Waals surface area contributed by atoms with Crippen LogP contribution in [0.5, 0.6) is 0 Å². The van der Waals surface area contributed by atoms with Crippen LogP contribution < -0.4 is 29.6 Å². The molecule has 1 aliphatic heterocycles. The average molecular weight is 442 g/mol. The van der Waals surface area contributed by atoms with E-state index in [0.717, 1.165) is 19.3 Å². The van der Waals surface area contributed by atoms with Crippen LogP contribution in [-0.2, 0) is 14.9 Å². The summed E-state index contributed by atoms with van der Waals surface area (Å²) in [7, 11) is -4.54. The van der Waals surface area contributed by atoms with Gasteiger partial charge in [0.05, 0.1) is 22.5 Å². The van der Waals surface area contributed by atoms with Crippen molar-refractivity contribution in [2.45, 2.75) is 58.0 Å². The molecule has 0 aromatic carbocycles. The second kappa shape index (κ2) is 15.5. The second-order valence-corrected chi connectivity index (χ2v) is 8.63. The second-order valence-electron chi connectivity index (χ2n) is 7.18. The molecule has 0 spiro atoms. The minimum Gasteiger partial charge on any atom is -0.748 e. The van der Waals surface area contributed by atoms with Gasteiger partial charge in [-0.25, -0.2) is 8.42 Å². The Balaban J connectivity index is 0.00000784. The van der Waals surface area contributed by atoms with Crippen molar-refractivity contribution in [2.24, 2.45) is 0 Å². The molecular weight excluding hydrogens is 407 g/mol. The van der Waals surface area contributed by atoms with Gasteiger partial charge in [-0.2, -0.15) is 0 Å². The van der Waals surface area contributed by atoms with Crippen LogP contribution in [0.25, 0.3) is 0 Å². The molecule has 0 bridgehead atoms. The summed E-state index contributed by atoms with van der Waals surface area (Å²) in [5.41, 5.74) is 0. The normalized spacial score (nSPS) is 15.8. The molecule has 0 aromatic heterocycles. The molecule has 1 rings (SSSR count). The first-order valence-electron chi connectivity index (χ1n) is 10.1. The molecule has 8 nitrogen and oxygen atoms in total. The first-order chi connectivity index (χ1) is 13.3. The number of unbranched alkanes of at least 4 members (excludes halogenated alkanes) is 6. The van der Waals surface area contributed by atoms with E-state index in [4.69, 9.17) is 0 Å².